The van der Waals surface area contributed by atoms with Gasteiger partial charge in [-0.3, -0.25) is 4.79 Å². The Hall–Kier alpha value is -4.80. The molecule has 1 fully saturated rings. The lowest BCUT2D eigenvalue weighted by molar-refractivity contribution is 0.0918. The molecule has 50 heavy (non-hydrogen) atoms. The molecule has 9 nitrogen and oxygen atoms in total. The van der Waals surface area contributed by atoms with Gasteiger partial charge < -0.3 is 34.2 Å². The summed E-state index contributed by atoms with van der Waals surface area (Å²) in [4.78, 5) is 22.7. The van der Waals surface area contributed by atoms with Crippen molar-refractivity contribution in [1.82, 2.24) is 19.9 Å². The molecule has 1 aliphatic carbocycles. The van der Waals surface area contributed by atoms with Crippen molar-refractivity contribution in [2.24, 2.45) is 0 Å². The van der Waals surface area contributed by atoms with E-state index in [1.807, 2.05) is 61.8 Å². The summed E-state index contributed by atoms with van der Waals surface area (Å²) < 4.78 is 20.0. The van der Waals surface area contributed by atoms with E-state index in [-0.39, 0.29) is 19.1 Å². The van der Waals surface area contributed by atoms with Gasteiger partial charge in [-0.2, -0.15) is 0 Å². The summed E-state index contributed by atoms with van der Waals surface area (Å²) in [7, 11) is 1.68. The van der Waals surface area contributed by atoms with Crippen molar-refractivity contribution in [3.8, 4) is 28.5 Å². The number of nitrogens with one attached hydrogen (secondary N) is 2. The third-order valence-electron chi connectivity index (χ3n) is 10.4. The monoisotopic (exact) mass is 690 g/mol. The summed E-state index contributed by atoms with van der Waals surface area (Å²) >= 11 is 1.56. The fourth-order valence-corrected chi connectivity index (χ4v) is 8.69. The number of carbonyl (C=O) groups is 1. The molecule has 10 heteroatoms. The average molecular weight is 691 g/mol. The lowest BCUT2D eigenvalue weighted by Gasteiger charge is -2.29. The summed E-state index contributed by atoms with van der Waals surface area (Å²) in [5.41, 5.74) is 6.85. The van der Waals surface area contributed by atoms with Gasteiger partial charge in [0, 0.05) is 56.1 Å². The van der Waals surface area contributed by atoms with Crippen LogP contribution in [-0.2, 0) is 12.1 Å². The molecule has 1 amide bonds. The Kier molecular flexibility index (Phi) is 8.52. The van der Waals surface area contributed by atoms with Crippen LogP contribution in [0.3, 0.4) is 0 Å². The highest BCUT2D eigenvalue weighted by atomic mass is 32.1. The molecule has 3 aromatic heterocycles. The highest BCUT2D eigenvalue weighted by molar-refractivity contribution is 7.09. The van der Waals surface area contributed by atoms with Crippen molar-refractivity contribution in [3.63, 3.8) is 0 Å². The number of aromatic nitrogens is 3. The number of fused-ring (bicyclic) bond motifs is 6. The Morgan fingerprint density at radius 1 is 1.10 bits per heavy atom. The third kappa shape index (κ3) is 5.60. The van der Waals surface area contributed by atoms with Crippen molar-refractivity contribution >= 4 is 39.0 Å². The van der Waals surface area contributed by atoms with Crippen LogP contribution in [0, 0.1) is 6.92 Å². The second-order valence-electron chi connectivity index (χ2n) is 13.5. The van der Waals surface area contributed by atoms with E-state index in [4.69, 9.17) is 19.2 Å². The van der Waals surface area contributed by atoms with E-state index in [0.717, 1.165) is 62.6 Å². The van der Waals surface area contributed by atoms with Gasteiger partial charge in [0.15, 0.2) is 0 Å². The number of aliphatic hydroxyl groups excluding tert-OH is 1. The molecule has 0 radical (unpaired) electrons. The number of thiazole rings is 1. The summed E-state index contributed by atoms with van der Waals surface area (Å²) in [5.74, 6) is 2.51. The number of nitrogens with zero attached hydrogens (tertiary/aromatic N) is 2. The van der Waals surface area contributed by atoms with Crippen LogP contribution in [0.15, 0.2) is 66.2 Å². The molecule has 2 aliphatic rings. The molecule has 6 aromatic rings. The standard InChI is InChI=1S/C40H42N4O5S/c1-24-42-36(23-50-24)40(2,32-22-41-33-14-11-28(20-31(32)33)48-18-16-45)43-39(46)26-9-12-29-34(19-26)44-15-17-49-35-21-27(47-3)10-13-30(35)38(44)37(29)25-7-5-4-6-8-25/h9-14,19-23,25,41,45H,4-8,15-18H2,1-3H3,(H,43,46)/t40-/m0/s1. The van der Waals surface area contributed by atoms with Crippen LogP contribution in [0.2, 0.25) is 0 Å². The number of hydrogen-bond donors (Lipinski definition) is 3. The Morgan fingerprint density at radius 3 is 2.72 bits per heavy atom. The molecular formula is C40H42N4O5S. The quantitative estimate of drug-likeness (QED) is 0.142. The van der Waals surface area contributed by atoms with E-state index >= 15 is 0 Å². The lowest BCUT2D eigenvalue weighted by atomic mass is 9.81. The zero-order chi connectivity index (χ0) is 34.4. The molecule has 0 saturated heterocycles. The Labute approximate surface area is 295 Å². The van der Waals surface area contributed by atoms with Crippen molar-refractivity contribution in [1.29, 1.82) is 0 Å². The summed E-state index contributed by atoms with van der Waals surface area (Å²) in [5, 5.41) is 17.8. The maximum Gasteiger partial charge on any atom is 0.252 e. The lowest BCUT2D eigenvalue weighted by Crippen LogP contribution is -2.44. The molecule has 8 rings (SSSR count). The molecule has 0 bridgehead atoms. The SMILES string of the molecule is COc1ccc2c(c1)OCCn1c-2c(C2CCCCC2)c2ccc(C(=O)N[C@](C)(c3csc(C)n3)c3c[nH]c4ccc(OCCO)cc34)cc21. The number of ether oxygens (including phenoxy) is 3. The number of aryl methyl sites for hydroxylation is 1. The van der Waals surface area contributed by atoms with Crippen LogP contribution in [0.4, 0.5) is 0 Å². The van der Waals surface area contributed by atoms with Gasteiger partial charge in [-0.25, -0.2) is 4.98 Å². The molecule has 1 saturated carbocycles. The maximum absolute atomic E-state index is 14.5. The largest absolute Gasteiger partial charge is 0.497 e. The van der Waals surface area contributed by atoms with E-state index in [1.165, 1.54) is 35.9 Å². The Bertz CT molecular complexity index is 2210. The van der Waals surface area contributed by atoms with Crippen LogP contribution in [0.25, 0.3) is 33.1 Å². The van der Waals surface area contributed by atoms with Crippen molar-refractivity contribution in [3.05, 3.63) is 93.6 Å². The minimum atomic E-state index is -0.959. The van der Waals surface area contributed by atoms with Gasteiger partial charge in [-0.05, 0) is 80.6 Å². The number of H-pyrrole nitrogens is 1. The summed E-state index contributed by atoms with van der Waals surface area (Å²) in [6.45, 7) is 5.30. The first-order valence-electron chi connectivity index (χ1n) is 17.5. The predicted octanol–water partition coefficient (Wildman–Crippen LogP) is 8.07. The van der Waals surface area contributed by atoms with Gasteiger partial charge in [-0.1, -0.05) is 25.3 Å². The molecule has 4 heterocycles. The van der Waals surface area contributed by atoms with Crippen LogP contribution >= 0.6 is 11.3 Å². The van der Waals surface area contributed by atoms with Gasteiger partial charge in [0.1, 0.15) is 36.0 Å². The van der Waals surface area contributed by atoms with Gasteiger partial charge in [0.05, 0.1) is 36.7 Å². The number of aliphatic hydroxyl groups is 1. The topological polar surface area (TPSA) is 111 Å². The number of methoxy groups -OCH3 is 1. The number of rotatable bonds is 9. The molecule has 3 N–H and O–H groups in total. The predicted molar refractivity (Wildman–Crippen MR) is 197 cm³/mol. The van der Waals surface area contributed by atoms with Crippen LogP contribution < -0.4 is 19.5 Å². The Balaban J connectivity index is 1.23. The zero-order valence-electron chi connectivity index (χ0n) is 28.7. The van der Waals surface area contributed by atoms with Crippen molar-refractivity contribution in [2.45, 2.75) is 64.0 Å². The van der Waals surface area contributed by atoms with E-state index in [1.54, 1.807) is 18.4 Å². The van der Waals surface area contributed by atoms with E-state index in [2.05, 4.69) is 33.1 Å². The Morgan fingerprint density at radius 2 is 1.94 bits per heavy atom. The molecule has 1 atom stereocenters. The fraction of sp³-hybridized carbons (Fsp3) is 0.350. The second-order valence-corrected chi connectivity index (χ2v) is 14.6. The average Bonchev–Trinajstić information content (AvgIpc) is 3.83. The molecular weight excluding hydrogens is 649 g/mol. The minimum Gasteiger partial charge on any atom is -0.497 e. The van der Waals surface area contributed by atoms with Crippen LogP contribution in [0.5, 0.6) is 17.2 Å². The van der Waals surface area contributed by atoms with Gasteiger partial charge in [0.2, 0.25) is 0 Å². The summed E-state index contributed by atoms with van der Waals surface area (Å²) in [6, 6.07) is 18.1. The molecule has 258 valence electrons. The van der Waals surface area contributed by atoms with Crippen molar-refractivity contribution < 1.29 is 24.1 Å². The molecule has 0 spiro atoms. The van der Waals surface area contributed by atoms with Gasteiger partial charge >= 0.3 is 0 Å². The molecule has 3 aromatic carbocycles. The van der Waals surface area contributed by atoms with E-state index < -0.39 is 5.54 Å². The highest BCUT2D eigenvalue weighted by Gasteiger charge is 2.37. The van der Waals surface area contributed by atoms with E-state index in [0.29, 0.717) is 30.4 Å². The number of aromatic amines is 1. The highest BCUT2D eigenvalue weighted by Crippen LogP contribution is 2.48. The summed E-state index contributed by atoms with van der Waals surface area (Å²) in [6.07, 6.45) is 7.97. The first kappa shape index (κ1) is 32.4. The normalized spacial score (nSPS) is 15.9. The number of carbonyl (C=O) groups excluding carboxylic acids is 1. The first-order valence-corrected chi connectivity index (χ1v) is 18.3. The number of benzene rings is 3. The van der Waals surface area contributed by atoms with E-state index in [9.17, 15) is 9.90 Å². The maximum atomic E-state index is 14.5. The van der Waals surface area contributed by atoms with Gasteiger partial charge in [0.25, 0.3) is 5.91 Å². The van der Waals surface area contributed by atoms with Crippen molar-refractivity contribution in [2.75, 3.05) is 26.9 Å². The minimum absolute atomic E-state index is 0.0739. The van der Waals surface area contributed by atoms with Crippen LogP contribution in [-0.4, -0.2) is 52.5 Å². The zero-order valence-corrected chi connectivity index (χ0v) is 29.5. The van der Waals surface area contributed by atoms with Gasteiger partial charge in [-0.15, -0.1) is 11.3 Å². The smallest absolute Gasteiger partial charge is 0.252 e. The van der Waals surface area contributed by atoms with Crippen LogP contribution in [0.1, 0.15) is 77.1 Å². The fourth-order valence-electron chi connectivity index (χ4n) is 7.96. The third-order valence-corrected chi connectivity index (χ3v) is 11.2. The number of amides is 1. The first-order chi connectivity index (χ1) is 24.4. The second kappa shape index (κ2) is 13.2. The number of hydrogen-bond acceptors (Lipinski definition) is 7. The molecule has 1 aliphatic heterocycles. The molecule has 0 unspecified atom stereocenters.